The Kier molecular flexibility index (Phi) is 4.20. The Labute approximate surface area is 154 Å². The van der Waals surface area contributed by atoms with Gasteiger partial charge in [-0.1, -0.05) is 29.3 Å². The molecule has 0 aliphatic rings. The Morgan fingerprint density at radius 3 is 2.92 bits per heavy atom. The Hall–Kier alpha value is -2.35. The third-order valence-electron chi connectivity index (χ3n) is 3.30. The third kappa shape index (κ3) is 3.13. The van der Waals surface area contributed by atoms with Crippen LogP contribution < -0.4 is 0 Å². The Morgan fingerprint density at radius 2 is 2.12 bits per heavy atom. The van der Waals surface area contributed by atoms with Gasteiger partial charge in [-0.2, -0.15) is 0 Å². The fraction of sp³-hybridized carbons (Fsp3) is 0.0625. The number of esters is 1. The largest absolute Gasteiger partial charge is 0.459 e. The number of hydrogen-bond acceptors (Lipinski definition) is 7. The molecule has 0 saturated carbocycles. The Bertz CT molecular complexity index is 1060. The summed E-state index contributed by atoms with van der Waals surface area (Å²) in [5, 5.41) is 9.30. The molecule has 0 spiro atoms. The van der Waals surface area contributed by atoms with E-state index in [0.29, 0.717) is 20.7 Å². The molecule has 3 aromatic heterocycles. The van der Waals surface area contributed by atoms with Crippen molar-refractivity contribution >= 4 is 50.6 Å². The molecule has 9 heteroatoms. The molecule has 1 aromatic carbocycles. The summed E-state index contributed by atoms with van der Waals surface area (Å²) in [4.78, 5) is 12.6. The van der Waals surface area contributed by atoms with Crippen molar-refractivity contribution in [3.63, 3.8) is 0 Å². The van der Waals surface area contributed by atoms with E-state index < -0.39 is 5.97 Å². The maximum absolute atomic E-state index is 12.3. The maximum Gasteiger partial charge on any atom is 0.350 e. The highest BCUT2D eigenvalue weighted by Gasteiger charge is 2.20. The van der Waals surface area contributed by atoms with Gasteiger partial charge in [0.25, 0.3) is 11.8 Å². The topological polar surface area (TPSA) is 78.4 Å². The van der Waals surface area contributed by atoms with Crippen molar-refractivity contribution in [2.24, 2.45) is 0 Å². The van der Waals surface area contributed by atoms with E-state index >= 15 is 0 Å². The van der Waals surface area contributed by atoms with Crippen molar-refractivity contribution in [1.82, 2.24) is 10.2 Å². The van der Waals surface area contributed by atoms with Gasteiger partial charge in [0.15, 0.2) is 12.4 Å². The van der Waals surface area contributed by atoms with Crippen molar-refractivity contribution < 1.29 is 18.4 Å². The summed E-state index contributed by atoms with van der Waals surface area (Å²) in [5.41, 5.74) is 0. The van der Waals surface area contributed by atoms with E-state index in [-0.39, 0.29) is 18.4 Å². The fourth-order valence-electron chi connectivity index (χ4n) is 2.17. The molecule has 0 radical (unpaired) electrons. The predicted octanol–water partition coefficient (Wildman–Crippen LogP) is 5.21. The molecule has 0 aliphatic heterocycles. The number of nitrogens with zero attached hydrogens (tertiary/aromatic N) is 2. The number of rotatable bonds is 4. The summed E-state index contributed by atoms with van der Waals surface area (Å²) in [6, 6.07) is 8.62. The van der Waals surface area contributed by atoms with Gasteiger partial charge in [-0.3, -0.25) is 0 Å². The fourth-order valence-corrected chi connectivity index (χ4v) is 3.85. The summed E-state index contributed by atoms with van der Waals surface area (Å²) in [5.74, 6) is 0.236. The summed E-state index contributed by atoms with van der Waals surface area (Å²) in [7, 11) is 0. The van der Waals surface area contributed by atoms with E-state index in [1.807, 2.05) is 0 Å². The lowest BCUT2D eigenvalue weighted by Crippen LogP contribution is -2.04. The quantitative estimate of drug-likeness (QED) is 0.442. The Morgan fingerprint density at radius 1 is 1.24 bits per heavy atom. The van der Waals surface area contributed by atoms with Gasteiger partial charge >= 0.3 is 5.97 Å². The van der Waals surface area contributed by atoms with Crippen molar-refractivity contribution in [2.45, 2.75) is 6.61 Å². The molecule has 0 atom stereocenters. The zero-order valence-electron chi connectivity index (χ0n) is 12.4. The van der Waals surface area contributed by atoms with Crippen LogP contribution in [0.2, 0.25) is 10.0 Å². The van der Waals surface area contributed by atoms with Crippen LogP contribution in [0.1, 0.15) is 15.6 Å². The second-order valence-corrected chi connectivity index (χ2v) is 6.81. The first kappa shape index (κ1) is 16.1. The SMILES string of the molecule is O=C(OCc1nnc(-c2ccco2)o1)c1sc2cc(Cl)ccc2c1Cl. The van der Waals surface area contributed by atoms with E-state index in [1.54, 1.807) is 30.3 Å². The van der Waals surface area contributed by atoms with Crippen LogP contribution in [0, 0.1) is 0 Å². The molecule has 25 heavy (non-hydrogen) atoms. The summed E-state index contributed by atoms with van der Waals surface area (Å²) < 4.78 is 16.6. The zero-order chi connectivity index (χ0) is 17.4. The average molecular weight is 395 g/mol. The second kappa shape index (κ2) is 6.51. The molecule has 126 valence electrons. The van der Waals surface area contributed by atoms with Crippen molar-refractivity contribution in [3.05, 3.63) is 57.4 Å². The lowest BCUT2D eigenvalue weighted by molar-refractivity contribution is 0.0444. The van der Waals surface area contributed by atoms with Gasteiger partial charge in [-0.15, -0.1) is 21.5 Å². The molecular weight excluding hydrogens is 387 g/mol. The molecule has 0 bridgehead atoms. The van der Waals surface area contributed by atoms with Gasteiger partial charge in [-0.25, -0.2) is 4.79 Å². The minimum absolute atomic E-state index is 0.153. The van der Waals surface area contributed by atoms with Gasteiger partial charge in [0, 0.05) is 15.1 Å². The maximum atomic E-state index is 12.3. The van der Waals surface area contributed by atoms with Gasteiger partial charge in [0.2, 0.25) is 0 Å². The monoisotopic (exact) mass is 394 g/mol. The number of carbonyl (C=O) groups excluding carboxylic acids is 1. The molecule has 0 aliphatic carbocycles. The first-order valence-corrected chi connectivity index (χ1v) is 8.60. The molecular formula is C16H8Cl2N2O4S. The summed E-state index contributed by atoms with van der Waals surface area (Å²) >= 11 is 13.4. The highest BCUT2D eigenvalue weighted by atomic mass is 35.5. The minimum atomic E-state index is -0.569. The molecule has 0 N–H and O–H groups in total. The number of benzene rings is 1. The number of furan rings is 1. The minimum Gasteiger partial charge on any atom is -0.459 e. The number of halogens is 2. The molecule has 0 amide bonds. The van der Waals surface area contributed by atoms with E-state index in [0.717, 1.165) is 10.1 Å². The van der Waals surface area contributed by atoms with E-state index in [4.69, 9.17) is 36.8 Å². The van der Waals surface area contributed by atoms with Crippen LogP contribution in [-0.4, -0.2) is 16.2 Å². The number of carbonyl (C=O) groups is 1. The van der Waals surface area contributed by atoms with Crippen LogP contribution >= 0.6 is 34.5 Å². The third-order valence-corrected chi connectivity index (χ3v) is 5.17. The van der Waals surface area contributed by atoms with Gasteiger partial charge in [0.05, 0.1) is 11.3 Å². The van der Waals surface area contributed by atoms with Crippen LogP contribution in [0.4, 0.5) is 0 Å². The first-order valence-electron chi connectivity index (χ1n) is 7.03. The smallest absolute Gasteiger partial charge is 0.350 e. The van der Waals surface area contributed by atoms with E-state index in [2.05, 4.69) is 10.2 Å². The summed E-state index contributed by atoms with van der Waals surface area (Å²) in [6.07, 6.45) is 1.49. The van der Waals surface area contributed by atoms with Crippen LogP contribution in [0.5, 0.6) is 0 Å². The lowest BCUT2D eigenvalue weighted by Gasteiger charge is -1.99. The standard InChI is InChI=1S/C16H8Cl2N2O4S/c17-8-3-4-9-11(6-8)25-14(13(9)18)16(21)23-7-12-19-20-15(24-12)10-2-1-5-22-10/h1-6H,7H2. The summed E-state index contributed by atoms with van der Waals surface area (Å²) in [6.45, 7) is -0.169. The molecule has 0 unspecified atom stereocenters. The van der Waals surface area contributed by atoms with E-state index in [9.17, 15) is 4.79 Å². The predicted molar refractivity (Wildman–Crippen MR) is 93.0 cm³/mol. The van der Waals surface area contributed by atoms with Gasteiger partial charge in [-0.05, 0) is 24.3 Å². The number of thiophene rings is 1. The molecule has 6 nitrogen and oxygen atoms in total. The van der Waals surface area contributed by atoms with Crippen LogP contribution in [0.25, 0.3) is 21.7 Å². The number of fused-ring (bicyclic) bond motifs is 1. The molecule has 3 heterocycles. The average Bonchev–Trinajstić information content (AvgIpc) is 3.32. The number of hydrogen-bond donors (Lipinski definition) is 0. The molecule has 4 rings (SSSR count). The number of aromatic nitrogens is 2. The van der Waals surface area contributed by atoms with Crippen molar-refractivity contribution in [1.29, 1.82) is 0 Å². The Balaban J connectivity index is 1.50. The lowest BCUT2D eigenvalue weighted by atomic mass is 10.2. The highest BCUT2D eigenvalue weighted by molar-refractivity contribution is 7.21. The van der Waals surface area contributed by atoms with Crippen molar-refractivity contribution in [3.8, 4) is 11.7 Å². The molecule has 0 saturated heterocycles. The van der Waals surface area contributed by atoms with Crippen LogP contribution in [0.3, 0.4) is 0 Å². The highest BCUT2D eigenvalue weighted by Crippen LogP contribution is 2.37. The van der Waals surface area contributed by atoms with Crippen LogP contribution in [0.15, 0.2) is 45.4 Å². The van der Waals surface area contributed by atoms with Crippen LogP contribution in [-0.2, 0) is 11.3 Å². The zero-order valence-corrected chi connectivity index (χ0v) is 14.7. The second-order valence-electron chi connectivity index (χ2n) is 4.94. The normalized spacial score (nSPS) is 11.1. The number of ether oxygens (including phenoxy) is 1. The van der Waals surface area contributed by atoms with Crippen molar-refractivity contribution in [2.75, 3.05) is 0 Å². The molecule has 0 fully saturated rings. The molecule has 4 aromatic rings. The van der Waals surface area contributed by atoms with Gasteiger partial charge in [0.1, 0.15) is 4.88 Å². The first-order chi connectivity index (χ1) is 12.1. The van der Waals surface area contributed by atoms with E-state index in [1.165, 1.54) is 17.6 Å². The van der Waals surface area contributed by atoms with Gasteiger partial charge < -0.3 is 13.6 Å².